The van der Waals surface area contributed by atoms with Gasteiger partial charge in [0.05, 0.1) is 45.9 Å². The van der Waals surface area contributed by atoms with Gasteiger partial charge in [0.2, 0.25) is 23.6 Å². The molecule has 4 aliphatic rings. The molecule has 5 aromatic carbocycles. The Morgan fingerprint density at radius 3 is 2.02 bits per heavy atom. The maximum absolute atomic E-state index is 14.8. The first kappa shape index (κ1) is 34.4. The summed E-state index contributed by atoms with van der Waals surface area (Å²) in [7, 11) is 3.94. The van der Waals surface area contributed by atoms with Crippen LogP contribution in [0, 0.1) is 29.1 Å². The lowest BCUT2D eigenvalue weighted by atomic mass is 9.51. The molecule has 0 bridgehead atoms. The molecular formula is C45H39N5O5. The van der Waals surface area contributed by atoms with Crippen LogP contribution in [0.4, 0.5) is 28.4 Å². The number of para-hydroxylation sites is 1. The van der Waals surface area contributed by atoms with Gasteiger partial charge in [-0.2, -0.15) is 10.2 Å². The number of fused-ring (bicyclic) bond motifs is 5. The number of nitrogens with zero attached hydrogens (tertiary/aromatic N) is 5. The first-order valence-electron chi connectivity index (χ1n) is 18.6. The van der Waals surface area contributed by atoms with Crippen molar-refractivity contribution in [2.45, 2.75) is 25.7 Å². The minimum Gasteiger partial charge on any atom is -0.508 e. The van der Waals surface area contributed by atoms with E-state index in [4.69, 9.17) is 0 Å². The minimum absolute atomic E-state index is 0.0176. The van der Waals surface area contributed by atoms with E-state index in [1.807, 2.05) is 92.7 Å². The van der Waals surface area contributed by atoms with E-state index in [0.717, 1.165) is 22.0 Å². The first-order valence-corrected chi connectivity index (χ1v) is 18.6. The van der Waals surface area contributed by atoms with Crippen LogP contribution in [0.1, 0.15) is 31.2 Å². The van der Waals surface area contributed by atoms with Gasteiger partial charge in [-0.3, -0.25) is 24.1 Å². The van der Waals surface area contributed by atoms with E-state index < -0.39 is 35.0 Å². The van der Waals surface area contributed by atoms with Gasteiger partial charge in [-0.1, -0.05) is 60.2 Å². The van der Waals surface area contributed by atoms with E-state index in [2.05, 4.69) is 10.2 Å². The van der Waals surface area contributed by atoms with Gasteiger partial charge < -0.3 is 10.0 Å². The topological polar surface area (TPSA) is 123 Å². The number of aromatic hydroxyl groups is 1. The maximum Gasteiger partial charge on any atom is 0.241 e. The summed E-state index contributed by atoms with van der Waals surface area (Å²) in [6.45, 7) is 1.83. The van der Waals surface area contributed by atoms with Gasteiger partial charge in [-0.05, 0) is 103 Å². The Kier molecular flexibility index (Phi) is 8.04. The summed E-state index contributed by atoms with van der Waals surface area (Å²) in [6, 6.07) is 34.6. The van der Waals surface area contributed by atoms with E-state index in [9.17, 15) is 24.3 Å². The van der Waals surface area contributed by atoms with Crippen LogP contribution in [0.2, 0.25) is 0 Å². The number of phenols is 1. The maximum atomic E-state index is 14.8. The second kappa shape index (κ2) is 12.9. The molecule has 2 aliphatic heterocycles. The molecule has 0 radical (unpaired) electrons. The van der Waals surface area contributed by atoms with Crippen molar-refractivity contribution < 1.29 is 24.3 Å². The molecule has 55 heavy (non-hydrogen) atoms. The van der Waals surface area contributed by atoms with Gasteiger partial charge in [0, 0.05) is 31.3 Å². The Balaban J connectivity index is 1.09. The molecule has 2 heterocycles. The zero-order valence-electron chi connectivity index (χ0n) is 30.7. The lowest BCUT2D eigenvalue weighted by Crippen LogP contribution is -2.49. The Morgan fingerprint density at radius 1 is 0.691 bits per heavy atom. The van der Waals surface area contributed by atoms with Crippen molar-refractivity contribution in [2.24, 2.45) is 39.3 Å². The van der Waals surface area contributed by atoms with Crippen molar-refractivity contribution in [1.82, 2.24) is 0 Å². The van der Waals surface area contributed by atoms with Crippen LogP contribution in [0.5, 0.6) is 5.75 Å². The molecule has 6 unspecified atom stereocenters. The molecule has 1 N–H and O–H groups in total. The largest absolute Gasteiger partial charge is 0.508 e. The number of hydrogen-bond donors (Lipinski definition) is 1. The predicted octanol–water partition coefficient (Wildman–Crippen LogP) is 8.46. The van der Waals surface area contributed by atoms with Gasteiger partial charge in [0.15, 0.2) is 0 Å². The number of amides is 4. The highest BCUT2D eigenvalue weighted by Crippen LogP contribution is 2.65. The molecule has 10 heteroatoms. The monoisotopic (exact) mass is 729 g/mol. The third kappa shape index (κ3) is 5.22. The molecule has 0 aromatic heterocycles. The molecule has 0 spiro atoms. The molecule has 2 saturated heterocycles. The van der Waals surface area contributed by atoms with Crippen LogP contribution in [0.3, 0.4) is 0 Å². The van der Waals surface area contributed by atoms with Gasteiger partial charge >= 0.3 is 0 Å². The summed E-state index contributed by atoms with van der Waals surface area (Å²) in [4.78, 5) is 62.7. The number of benzene rings is 5. The molecule has 1 saturated carbocycles. The third-order valence-electron chi connectivity index (χ3n) is 12.3. The van der Waals surface area contributed by atoms with Crippen molar-refractivity contribution in [3.05, 3.63) is 132 Å². The van der Waals surface area contributed by atoms with Crippen LogP contribution in [-0.4, -0.2) is 42.8 Å². The molecule has 10 nitrogen and oxygen atoms in total. The zero-order valence-corrected chi connectivity index (χ0v) is 30.7. The van der Waals surface area contributed by atoms with Crippen LogP contribution in [0.15, 0.2) is 137 Å². The number of allylic oxidation sites excluding steroid dienone is 2. The van der Waals surface area contributed by atoms with Gasteiger partial charge in [-0.15, -0.1) is 0 Å². The smallest absolute Gasteiger partial charge is 0.241 e. The van der Waals surface area contributed by atoms with Crippen LogP contribution >= 0.6 is 0 Å². The lowest BCUT2D eigenvalue weighted by Gasteiger charge is -2.49. The van der Waals surface area contributed by atoms with Crippen molar-refractivity contribution in [3.8, 4) is 5.75 Å². The van der Waals surface area contributed by atoms with Crippen LogP contribution < -0.4 is 14.7 Å². The van der Waals surface area contributed by atoms with E-state index in [1.54, 1.807) is 54.6 Å². The molecule has 274 valence electrons. The Bertz CT molecular complexity index is 2460. The number of carbonyl (C=O) groups excluding carboxylic acids is 4. The molecule has 6 atom stereocenters. The summed E-state index contributed by atoms with van der Waals surface area (Å²) in [6.07, 6.45) is 2.52. The second-order valence-electron chi connectivity index (χ2n) is 15.4. The summed E-state index contributed by atoms with van der Waals surface area (Å²) >= 11 is 0. The van der Waals surface area contributed by atoms with E-state index in [0.29, 0.717) is 34.7 Å². The molecule has 3 fully saturated rings. The number of hydrogen-bond acceptors (Lipinski definition) is 8. The van der Waals surface area contributed by atoms with Gasteiger partial charge in [-0.25, -0.2) is 4.90 Å². The van der Waals surface area contributed by atoms with Gasteiger partial charge in [0.25, 0.3) is 0 Å². The van der Waals surface area contributed by atoms with Crippen molar-refractivity contribution >= 4 is 62.8 Å². The highest BCUT2D eigenvalue weighted by atomic mass is 16.3. The summed E-state index contributed by atoms with van der Waals surface area (Å²) in [5.41, 5.74) is 3.33. The highest BCUT2D eigenvalue weighted by Gasteiger charge is 2.68. The first-order chi connectivity index (χ1) is 26.6. The van der Waals surface area contributed by atoms with E-state index >= 15 is 0 Å². The summed E-state index contributed by atoms with van der Waals surface area (Å²) in [5, 5.41) is 22.0. The number of anilines is 3. The molecule has 4 amide bonds. The Morgan fingerprint density at radius 2 is 1.33 bits per heavy atom. The van der Waals surface area contributed by atoms with Crippen molar-refractivity contribution in [2.75, 3.05) is 28.8 Å². The average Bonchev–Trinajstić information content (AvgIpc) is 3.57. The fourth-order valence-corrected chi connectivity index (χ4v) is 9.59. The number of azo groups is 1. The standard InChI is InChI=1S/C45H39N5O5/c1-45-36(42(53)50(44(45)55)30-10-5-4-6-11-30)25-35-33(40(45)39-32-12-8-7-9-26(32)13-24-37(39)51)22-23-34-38(35)43(54)49(41(34)52)31-20-16-28(17-21-31)47-46-27-14-18-29(19-15-27)48(2)3/h4-22,24,34-36,38,40,51H,23,25H2,1-3H3. The molecular weight excluding hydrogens is 691 g/mol. The number of phenolic OH excluding ortho intramolecular Hbond substituents is 1. The van der Waals surface area contributed by atoms with Crippen LogP contribution in [0.25, 0.3) is 10.8 Å². The van der Waals surface area contributed by atoms with Crippen molar-refractivity contribution in [1.29, 1.82) is 0 Å². The highest BCUT2D eigenvalue weighted by molar-refractivity contribution is 6.25. The normalized spacial score (nSPS) is 26.0. The van der Waals surface area contributed by atoms with Gasteiger partial charge in [0.1, 0.15) is 5.75 Å². The van der Waals surface area contributed by atoms with Crippen molar-refractivity contribution in [3.63, 3.8) is 0 Å². The average molecular weight is 730 g/mol. The predicted molar refractivity (Wildman–Crippen MR) is 211 cm³/mol. The Labute approximate surface area is 318 Å². The lowest BCUT2D eigenvalue weighted by molar-refractivity contribution is -0.131. The second-order valence-corrected chi connectivity index (χ2v) is 15.4. The fourth-order valence-electron chi connectivity index (χ4n) is 9.59. The third-order valence-corrected chi connectivity index (χ3v) is 12.3. The molecule has 5 aromatic rings. The quantitative estimate of drug-likeness (QED) is 0.106. The number of carbonyl (C=O) groups is 4. The summed E-state index contributed by atoms with van der Waals surface area (Å²) in [5.74, 6) is -4.70. The molecule has 9 rings (SSSR count). The summed E-state index contributed by atoms with van der Waals surface area (Å²) < 4.78 is 0. The van der Waals surface area contributed by atoms with Crippen LogP contribution in [-0.2, 0) is 19.2 Å². The number of imide groups is 2. The molecule has 2 aliphatic carbocycles. The SMILES string of the molecule is CN(C)c1ccc(N=Nc2ccc(N3C(=O)C4CC=C5C(CC6C(=O)N(c7ccccc7)C(=O)C6(C)C5c5c(O)ccc6ccccc56)C4C3=O)cc2)cc1. The Hall–Kier alpha value is -6.42. The fraction of sp³-hybridized carbons (Fsp3) is 0.244. The van der Waals surface area contributed by atoms with E-state index in [-0.39, 0.29) is 35.8 Å². The zero-order chi connectivity index (χ0) is 38.2. The minimum atomic E-state index is -1.27. The number of rotatable bonds is 6. The van der Waals surface area contributed by atoms with E-state index in [1.165, 1.54) is 9.80 Å².